The second-order valence-corrected chi connectivity index (χ2v) is 7.63. The zero-order valence-electron chi connectivity index (χ0n) is 15.4. The first kappa shape index (κ1) is 19.1. The van der Waals surface area contributed by atoms with Gasteiger partial charge in [-0.15, -0.1) is 10.2 Å². The fraction of sp³-hybridized carbons (Fsp3) is 0.250. The number of nitrogens with zero attached hydrogens (tertiary/aromatic N) is 3. The van der Waals surface area contributed by atoms with Crippen molar-refractivity contribution in [2.24, 2.45) is 0 Å². The number of hydrogen-bond acceptors (Lipinski definition) is 4. The number of aryl methyl sites for hydroxylation is 1. The Morgan fingerprint density at radius 1 is 1.19 bits per heavy atom. The molecule has 2 atom stereocenters. The van der Waals surface area contributed by atoms with Gasteiger partial charge in [0, 0.05) is 5.69 Å². The molecule has 7 heteroatoms. The molecular weight excluding hydrogens is 363 g/mol. The number of benzene rings is 2. The predicted molar refractivity (Wildman–Crippen MR) is 105 cm³/mol. The summed E-state index contributed by atoms with van der Waals surface area (Å²) in [6.45, 7) is 5.53. The molecule has 2 aromatic carbocycles. The highest BCUT2D eigenvalue weighted by Gasteiger charge is 2.20. The van der Waals surface area contributed by atoms with Gasteiger partial charge in [-0.3, -0.25) is 4.79 Å². The summed E-state index contributed by atoms with van der Waals surface area (Å²) < 4.78 is 15.6. The lowest BCUT2D eigenvalue weighted by Crippen LogP contribution is -2.23. The molecule has 0 radical (unpaired) electrons. The molecule has 3 aromatic rings. The molecule has 1 aromatic heterocycles. The van der Waals surface area contributed by atoms with Gasteiger partial charge in [0.25, 0.3) is 0 Å². The van der Waals surface area contributed by atoms with Crippen LogP contribution in [-0.2, 0) is 4.79 Å². The number of rotatable bonds is 6. The second kappa shape index (κ2) is 8.35. The Morgan fingerprint density at radius 2 is 1.93 bits per heavy atom. The van der Waals surface area contributed by atoms with Crippen LogP contribution in [0.4, 0.5) is 10.1 Å². The number of amides is 1. The van der Waals surface area contributed by atoms with Crippen LogP contribution >= 0.6 is 11.8 Å². The Balaban J connectivity index is 1.69. The van der Waals surface area contributed by atoms with Crippen LogP contribution in [-0.4, -0.2) is 25.9 Å². The van der Waals surface area contributed by atoms with Crippen LogP contribution in [0.25, 0.3) is 0 Å². The van der Waals surface area contributed by atoms with Gasteiger partial charge in [0.15, 0.2) is 5.16 Å². The first-order valence-electron chi connectivity index (χ1n) is 8.64. The van der Waals surface area contributed by atoms with Gasteiger partial charge in [-0.25, -0.2) is 4.39 Å². The summed E-state index contributed by atoms with van der Waals surface area (Å²) in [7, 11) is 0. The molecule has 1 N–H and O–H groups in total. The Kier molecular flexibility index (Phi) is 5.91. The molecular formula is C20H21FN4OS. The van der Waals surface area contributed by atoms with E-state index in [9.17, 15) is 9.18 Å². The van der Waals surface area contributed by atoms with Crippen molar-refractivity contribution < 1.29 is 9.18 Å². The molecule has 3 rings (SSSR count). The lowest BCUT2D eigenvalue weighted by molar-refractivity contribution is -0.115. The van der Waals surface area contributed by atoms with Crippen LogP contribution in [0.1, 0.15) is 31.0 Å². The van der Waals surface area contributed by atoms with Crippen LogP contribution < -0.4 is 5.32 Å². The van der Waals surface area contributed by atoms with E-state index < -0.39 is 5.25 Å². The van der Waals surface area contributed by atoms with Crippen molar-refractivity contribution in [2.45, 2.75) is 37.2 Å². The number of carbonyl (C=O) groups is 1. The van der Waals surface area contributed by atoms with Crippen molar-refractivity contribution in [3.63, 3.8) is 0 Å². The van der Waals surface area contributed by atoms with E-state index in [1.54, 1.807) is 32.3 Å². The van der Waals surface area contributed by atoms with Crippen LogP contribution in [0.15, 0.2) is 60.0 Å². The highest BCUT2D eigenvalue weighted by atomic mass is 32.2. The molecule has 140 valence electrons. The van der Waals surface area contributed by atoms with E-state index in [4.69, 9.17) is 0 Å². The normalized spacial score (nSPS) is 13.2. The zero-order chi connectivity index (χ0) is 19.4. The molecule has 0 aliphatic carbocycles. The second-order valence-electron chi connectivity index (χ2n) is 6.32. The number of nitrogens with one attached hydrogen (secondary N) is 1. The number of thioether (sulfide) groups is 1. The third-order valence-electron chi connectivity index (χ3n) is 4.33. The van der Waals surface area contributed by atoms with E-state index in [1.165, 1.54) is 17.8 Å². The summed E-state index contributed by atoms with van der Waals surface area (Å²) in [6, 6.07) is 14.7. The summed E-state index contributed by atoms with van der Waals surface area (Å²) in [5.74, 6) is -0.560. The van der Waals surface area contributed by atoms with Crippen molar-refractivity contribution >= 4 is 23.4 Å². The molecule has 0 unspecified atom stereocenters. The average molecular weight is 384 g/mol. The van der Waals surface area contributed by atoms with Crippen LogP contribution in [0.2, 0.25) is 0 Å². The lowest BCUT2D eigenvalue weighted by Gasteiger charge is -2.17. The summed E-state index contributed by atoms with van der Waals surface area (Å²) in [4.78, 5) is 12.5. The molecule has 0 aliphatic heterocycles. The monoisotopic (exact) mass is 384 g/mol. The standard InChI is InChI=1S/C20H21FN4OS/c1-13-9-10-17(11-18(13)21)23-19(26)15(3)27-20-24-22-12-25(20)14(2)16-7-5-4-6-8-16/h4-12,14-15H,1-3H3,(H,23,26)/t14-,15+/m1/s1. The molecule has 0 fully saturated rings. The fourth-order valence-electron chi connectivity index (χ4n) is 2.60. The summed E-state index contributed by atoms with van der Waals surface area (Å²) in [6.07, 6.45) is 1.67. The van der Waals surface area contributed by atoms with Gasteiger partial charge in [0.1, 0.15) is 12.1 Å². The number of halogens is 1. The molecule has 5 nitrogen and oxygen atoms in total. The molecule has 1 heterocycles. The van der Waals surface area contributed by atoms with Crippen molar-refractivity contribution in [1.29, 1.82) is 0 Å². The Morgan fingerprint density at radius 3 is 2.63 bits per heavy atom. The Labute approximate surface area is 162 Å². The van der Waals surface area contributed by atoms with Crippen molar-refractivity contribution in [2.75, 3.05) is 5.32 Å². The first-order valence-corrected chi connectivity index (χ1v) is 9.52. The fourth-order valence-corrected chi connectivity index (χ4v) is 3.50. The molecule has 0 saturated heterocycles. The van der Waals surface area contributed by atoms with Gasteiger partial charge in [-0.05, 0) is 44.0 Å². The number of anilines is 1. The van der Waals surface area contributed by atoms with E-state index in [0.717, 1.165) is 5.56 Å². The van der Waals surface area contributed by atoms with E-state index in [0.29, 0.717) is 16.4 Å². The first-order chi connectivity index (χ1) is 13.0. The molecule has 0 saturated carbocycles. The number of carbonyl (C=O) groups excluding carboxylic acids is 1. The van der Waals surface area contributed by atoms with Gasteiger partial charge >= 0.3 is 0 Å². The maximum absolute atomic E-state index is 13.7. The largest absolute Gasteiger partial charge is 0.325 e. The quantitative estimate of drug-likeness (QED) is 0.638. The lowest BCUT2D eigenvalue weighted by atomic mass is 10.1. The number of aromatic nitrogens is 3. The van der Waals surface area contributed by atoms with Gasteiger partial charge in [0.05, 0.1) is 11.3 Å². The topological polar surface area (TPSA) is 59.8 Å². The van der Waals surface area contributed by atoms with E-state index in [1.807, 2.05) is 34.9 Å². The maximum Gasteiger partial charge on any atom is 0.237 e. The summed E-state index contributed by atoms with van der Waals surface area (Å²) in [5, 5.41) is 11.1. The van der Waals surface area contributed by atoms with Crippen molar-refractivity contribution in [3.05, 3.63) is 71.8 Å². The minimum Gasteiger partial charge on any atom is -0.325 e. The van der Waals surface area contributed by atoms with Crippen molar-refractivity contribution in [3.8, 4) is 0 Å². The number of hydrogen-bond donors (Lipinski definition) is 1. The predicted octanol–water partition coefficient (Wildman–Crippen LogP) is 4.45. The molecule has 0 aliphatic rings. The third-order valence-corrected chi connectivity index (χ3v) is 5.40. The van der Waals surface area contributed by atoms with Gasteiger partial charge in [0.2, 0.25) is 5.91 Å². The Bertz CT molecular complexity index is 929. The van der Waals surface area contributed by atoms with Gasteiger partial charge in [-0.1, -0.05) is 48.2 Å². The van der Waals surface area contributed by atoms with Crippen LogP contribution in [0, 0.1) is 12.7 Å². The third kappa shape index (κ3) is 4.54. The van der Waals surface area contributed by atoms with Gasteiger partial charge in [-0.2, -0.15) is 0 Å². The Hall–Kier alpha value is -2.67. The van der Waals surface area contributed by atoms with Crippen LogP contribution in [0.5, 0.6) is 0 Å². The minimum absolute atomic E-state index is 0.0464. The van der Waals surface area contributed by atoms with E-state index in [2.05, 4.69) is 22.4 Å². The summed E-state index contributed by atoms with van der Waals surface area (Å²) >= 11 is 1.32. The SMILES string of the molecule is Cc1ccc(NC(=O)[C@H](C)Sc2nncn2[C@H](C)c2ccccc2)cc1F. The molecule has 1 amide bonds. The zero-order valence-corrected chi connectivity index (χ0v) is 16.2. The molecule has 27 heavy (non-hydrogen) atoms. The van der Waals surface area contributed by atoms with Gasteiger partial charge < -0.3 is 9.88 Å². The van der Waals surface area contributed by atoms with Crippen LogP contribution in [0.3, 0.4) is 0 Å². The smallest absolute Gasteiger partial charge is 0.237 e. The summed E-state index contributed by atoms with van der Waals surface area (Å²) in [5.41, 5.74) is 2.11. The van der Waals surface area contributed by atoms with E-state index in [-0.39, 0.29) is 17.8 Å². The highest BCUT2D eigenvalue weighted by Crippen LogP contribution is 2.27. The molecule has 0 bridgehead atoms. The molecule has 0 spiro atoms. The highest BCUT2D eigenvalue weighted by molar-refractivity contribution is 8.00. The maximum atomic E-state index is 13.7. The van der Waals surface area contributed by atoms with E-state index >= 15 is 0 Å². The van der Waals surface area contributed by atoms with Crippen molar-refractivity contribution in [1.82, 2.24) is 14.8 Å². The average Bonchev–Trinajstić information content (AvgIpc) is 3.12. The minimum atomic E-state index is -0.416.